The maximum Gasteiger partial charge on any atom is 0.228 e. The highest BCUT2D eigenvalue weighted by molar-refractivity contribution is 5.78. The molecule has 1 aliphatic heterocycles. The molecule has 5 nitrogen and oxygen atoms in total. The Labute approximate surface area is 224 Å². The quantitative estimate of drug-likeness (QED) is 0.378. The van der Waals surface area contributed by atoms with Crippen LogP contribution in [0.4, 0.5) is 4.39 Å². The number of phenolic OH excluding ortho intramolecular Hbond substituents is 1. The Balaban J connectivity index is 0.00000148. The summed E-state index contributed by atoms with van der Waals surface area (Å²) < 4.78 is 15.3. The standard InChI is InChI=1S/C23H24FN3O2.4C2H6/c24-20-7-1-4-17(10-20)14-27-16-25-13-21(27)12-23(29)26-9-3-6-19(15-26)18-5-2-8-22(28)11-18;4*1-2/h1-2,4-5,7-8,10-11,13,16,19,28H,3,6,9,12,14-15H2;4*1-2H3. The number of carbonyl (C=O) groups excluding carboxylic acids is 1. The van der Waals surface area contributed by atoms with E-state index in [1.54, 1.807) is 30.7 Å². The molecular weight excluding hydrogens is 465 g/mol. The first kappa shape index (κ1) is 33.8. The predicted octanol–water partition coefficient (Wildman–Crippen LogP) is 7.83. The van der Waals surface area contributed by atoms with Crippen LogP contribution in [0.15, 0.2) is 61.1 Å². The molecule has 206 valence electrons. The van der Waals surface area contributed by atoms with E-state index in [4.69, 9.17) is 0 Å². The van der Waals surface area contributed by atoms with E-state index in [1.165, 1.54) is 12.1 Å². The zero-order valence-corrected chi connectivity index (χ0v) is 24.2. The van der Waals surface area contributed by atoms with Crippen molar-refractivity contribution in [2.24, 2.45) is 0 Å². The molecule has 1 aliphatic rings. The Morgan fingerprint density at radius 2 is 1.68 bits per heavy atom. The van der Waals surface area contributed by atoms with Crippen molar-refractivity contribution in [3.05, 3.63) is 83.7 Å². The summed E-state index contributed by atoms with van der Waals surface area (Å²) in [6.07, 6.45) is 5.59. The van der Waals surface area contributed by atoms with Crippen molar-refractivity contribution in [3.63, 3.8) is 0 Å². The molecule has 3 aromatic rings. The molecule has 0 aliphatic carbocycles. The van der Waals surface area contributed by atoms with Crippen molar-refractivity contribution in [2.45, 2.75) is 87.1 Å². The average Bonchev–Trinajstić information content (AvgIpc) is 3.39. The third-order valence-electron chi connectivity index (χ3n) is 5.49. The fourth-order valence-corrected chi connectivity index (χ4v) is 3.99. The van der Waals surface area contributed by atoms with E-state index in [0.717, 1.165) is 36.2 Å². The van der Waals surface area contributed by atoms with Gasteiger partial charge in [0.05, 0.1) is 12.7 Å². The summed E-state index contributed by atoms with van der Waals surface area (Å²) in [4.78, 5) is 19.0. The fourth-order valence-electron chi connectivity index (χ4n) is 3.99. The maximum absolute atomic E-state index is 13.4. The number of carbonyl (C=O) groups is 1. The van der Waals surface area contributed by atoms with Crippen LogP contribution in [0.2, 0.25) is 0 Å². The summed E-state index contributed by atoms with van der Waals surface area (Å²) in [6, 6.07) is 13.8. The number of imidazole rings is 1. The lowest BCUT2D eigenvalue weighted by Crippen LogP contribution is -2.40. The number of rotatable bonds is 5. The van der Waals surface area contributed by atoms with E-state index >= 15 is 0 Å². The minimum Gasteiger partial charge on any atom is -0.508 e. The van der Waals surface area contributed by atoms with Crippen LogP contribution >= 0.6 is 0 Å². The lowest BCUT2D eigenvalue weighted by atomic mass is 9.90. The first-order valence-electron chi connectivity index (χ1n) is 13.9. The van der Waals surface area contributed by atoms with Crippen LogP contribution in [0.25, 0.3) is 0 Å². The van der Waals surface area contributed by atoms with Crippen molar-refractivity contribution in [2.75, 3.05) is 13.1 Å². The number of nitrogens with zero attached hydrogens (tertiary/aromatic N) is 3. The molecule has 1 atom stereocenters. The van der Waals surface area contributed by atoms with E-state index in [1.807, 2.05) is 83.1 Å². The van der Waals surface area contributed by atoms with Crippen molar-refractivity contribution >= 4 is 5.91 Å². The number of phenols is 1. The van der Waals surface area contributed by atoms with Gasteiger partial charge in [0.25, 0.3) is 0 Å². The van der Waals surface area contributed by atoms with Gasteiger partial charge in [-0.25, -0.2) is 9.37 Å². The van der Waals surface area contributed by atoms with Gasteiger partial charge in [-0.3, -0.25) is 4.79 Å². The van der Waals surface area contributed by atoms with E-state index in [0.29, 0.717) is 13.1 Å². The Morgan fingerprint density at radius 3 is 2.32 bits per heavy atom. The number of hydrogen-bond acceptors (Lipinski definition) is 3. The van der Waals surface area contributed by atoms with Gasteiger partial charge in [-0.2, -0.15) is 0 Å². The number of hydrogen-bond donors (Lipinski definition) is 1. The number of benzene rings is 2. The molecule has 1 fully saturated rings. The van der Waals surface area contributed by atoms with Crippen molar-refractivity contribution in [1.29, 1.82) is 0 Å². The van der Waals surface area contributed by atoms with E-state index < -0.39 is 0 Å². The molecule has 0 saturated carbocycles. The second-order valence-corrected chi connectivity index (χ2v) is 7.59. The van der Waals surface area contributed by atoms with Crippen LogP contribution in [0.1, 0.15) is 91.0 Å². The molecule has 6 heteroatoms. The van der Waals surface area contributed by atoms with Crippen molar-refractivity contribution in [3.8, 4) is 5.75 Å². The third-order valence-corrected chi connectivity index (χ3v) is 5.49. The highest BCUT2D eigenvalue weighted by atomic mass is 19.1. The van der Waals surface area contributed by atoms with E-state index in [2.05, 4.69) is 4.98 Å². The number of aromatic nitrogens is 2. The van der Waals surface area contributed by atoms with E-state index in [9.17, 15) is 14.3 Å². The molecule has 1 unspecified atom stereocenters. The zero-order chi connectivity index (χ0) is 28.2. The monoisotopic (exact) mass is 513 g/mol. The summed E-state index contributed by atoms with van der Waals surface area (Å²) in [7, 11) is 0. The summed E-state index contributed by atoms with van der Waals surface area (Å²) in [6.45, 7) is 17.9. The lowest BCUT2D eigenvalue weighted by molar-refractivity contribution is -0.131. The molecule has 0 spiro atoms. The normalized spacial score (nSPS) is 13.8. The van der Waals surface area contributed by atoms with Gasteiger partial charge in [-0.1, -0.05) is 79.7 Å². The number of amides is 1. The second-order valence-electron chi connectivity index (χ2n) is 7.59. The molecule has 2 aromatic carbocycles. The summed E-state index contributed by atoms with van der Waals surface area (Å²) in [5, 5.41) is 9.75. The van der Waals surface area contributed by atoms with Crippen LogP contribution in [0.3, 0.4) is 0 Å². The number of piperidine rings is 1. The molecule has 37 heavy (non-hydrogen) atoms. The summed E-state index contributed by atoms with van der Waals surface area (Å²) >= 11 is 0. The zero-order valence-electron chi connectivity index (χ0n) is 24.2. The third kappa shape index (κ3) is 11.2. The Morgan fingerprint density at radius 1 is 1.00 bits per heavy atom. The highest BCUT2D eigenvalue weighted by Gasteiger charge is 2.25. The van der Waals surface area contributed by atoms with Crippen LogP contribution in [-0.2, 0) is 17.8 Å². The van der Waals surface area contributed by atoms with Crippen molar-refractivity contribution in [1.82, 2.24) is 14.5 Å². The van der Waals surface area contributed by atoms with Gasteiger partial charge in [-0.15, -0.1) is 0 Å². The maximum atomic E-state index is 13.4. The Hall–Kier alpha value is -3.15. The van der Waals surface area contributed by atoms with Crippen LogP contribution in [0.5, 0.6) is 5.75 Å². The molecule has 1 N–H and O–H groups in total. The first-order chi connectivity index (χ1) is 18.1. The number of aromatic hydroxyl groups is 1. The number of halogens is 1. The van der Waals surface area contributed by atoms with Crippen LogP contribution in [0, 0.1) is 5.82 Å². The Bertz CT molecular complexity index is 1000. The van der Waals surface area contributed by atoms with Gasteiger partial charge >= 0.3 is 0 Å². The van der Waals surface area contributed by atoms with Gasteiger partial charge in [0.15, 0.2) is 0 Å². The van der Waals surface area contributed by atoms with Crippen LogP contribution < -0.4 is 0 Å². The summed E-state index contributed by atoms with van der Waals surface area (Å²) in [5.41, 5.74) is 2.72. The van der Waals surface area contributed by atoms with Gasteiger partial charge in [0.1, 0.15) is 11.6 Å². The predicted molar refractivity (Wildman–Crippen MR) is 153 cm³/mol. The summed E-state index contributed by atoms with van der Waals surface area (Å²) in [5.74, 6) is 0.284. The van der Waals surface area contributed by atoms with Crippen LogP contribution in [-0.4, -0.2) is 38.6 Å². The first-order valence-corrected chi connectivity index (χ1v) is 13.9. The van der Waals surface area contributed by atoms with Crippen molar-refractivity contribution < 1.29 is 14.3 Å². The highest BCUT2D eigenvalue weighted by Crippen LogP contribution is 2.29. The Kier molecular flexibility index (Phi) is 18.3. The molecule has 0 bridgehead atoms. The smallest absolute Gasteiger partial charge is 0.228 e. The second kappa shape index (κ2) is 20.0. The van der Waals surface area contributed by atoms with Gasteiger partial charge in [0, 0.05) is 37.4 Å². The average molecular weight is 514 g/mol. The van der Waals surface area contributed by atoms with Gasteiger partial charge in [-0.05, 0) is 48.2 Å². The minimum absolute atomic E-state index is 0.0656. The molecule has 2 heterocycles. The largest absolute Gasteiger partial charge is 0.508 e. The number of likely N-dealkylation sites (tertiary alicyclic amines) is 1. The molecule has 1 amide bonds. The lowest BCUT2D eigenvalue weighted by Gasteiger charge is -2.33. The SMILES string of the molecule is CC.CC.CC.CC.O=C(Cc1cncn1Cc1cccc(F)c1)N1CCCC(c2cccc(O)c2)C1. The minimum atomic E-state index is -0.272. The molecule has 4 rings (SSSR count). The molecule has 0 radical (unpaired) electrons. The van der Waals surface area contributed by atoms with Gasteiger partial charge in [0.2, 0.25) is 5.91 Å². The molecule has 1 saturated heterocycles. The molecule has 1 aromatic heterocycles. The van der Waals surface area contributed by atoms with Gasteiger partial charge < -0.3 is 14.6 Å². The molecular formula is C31H48FN3O2. The fraction of sp³-hybridized carbons (Fsp3) is 0.484. The topological polar surface area (TPSA) is 58.4 Å². The van der Waals surface area contributed by atoms with E-state index in [-0.39, 0.29) is 29.8 Å².